The van der Waals surface area contributed by atoms with Gasteiger partial charge in [0.2, 0.25) is 0 Å². The van der Waals surface area contributed by atoms with E-state index in [-0.39, 0.29) is 17.6 Å². The summed E-state index contributed by atoms with van der Waals surface area (Å²) in [6.45, 7) is 2.23. The molecule has 2 rings (SSSR count). The van der Waals surface area contributed by atoms with Crippen LogP contribution in [0, 0.1) is 16.0 Å². The third-order valence-corrected chi connectivity index (χ3v) is 4.16. The highest BCUT2D eigenvalue weighted by atomic mass is 16.6. The van der Waals surface area contributed by atoms with E-state index in [1.165, 1.54) is 12.1 Å². The first-order valence-corrected chi connectivity index (χ1v) is 7.00. The number of hydrogen-bond donors (Lipinski definition) is 0. The van der Waals surface area contributed by atoms with Crippen molar-refractivity contribution in [2.75, 3.05) is 7.05 Å². The second-order valence-corrected chi connectivity index (χ2v) is 5.64. The quantitative estimate of drug-likeness (QED) is 0.629. The van der Waals surface area contributed by atoms with Gasteiger partial charge in [-0.05, 0) is 37.7 Å². The van der Waals surface area contributed by atoms with Crippen molar-refractivity contribution in [3.05, 3.63) is 39.9 Å². The van der Waals surface area contributed by atoms with Crippen molar-refractivity contribution in [1.29, 1.82) is 0 Å². The van der Waals surface area contributed by atoms with E-state index in [2.05, 4.69) is 6.92 Å². The average molecular weight is 276 g/mol. The minimum absolute atomic E-state index is 0.0403. The van der Waals surface area contributed by atoms with Crippen LogP contribution in [-0.2, 0) is 0 Å². The molecule has 0 bridgehead atoms. The molecule has 0 unspecified atom stereocenters. The number of nitro groups is 1. The molecule has 5 heteroatoms. The van der Waals surface area contributed by atoms with Crippen LogP contribution in [0.15, 0.2) is 24.3 Å². The molecule has 1 saturated carbocycles. The number of carbonyl (C=O) groups is 1. The number of benzene rings is 1. The summed E-state index contributed by atoms with van der Waals surface area (Å²) >= 11 is 0. The van der Waals surface area contributed by atoms with E-state index in [4.69, 9.17) is 0 Å². The van der Waals surface area contributed by atoms with Crippen molar-refractivity contribution in [2.45, 2.75) is 38.6 Å². The van der Waals surface area contributed by atoms with Gasteiger partial charge in [-0.1, -0.05) is 13.0 Å². The second kappa shape index (κ2) is 6.03. The Kier molecular flexibility index (Phi) is 4.37. The Hall–Kier alpha value is -1.91. The van der Waals surface area contributed by atoms with E-state index >= 15 is 0 Å². The van der Waals surface area contributed by atoms with Crippen molar-refractivity contribution in [3.63, 3.8) is 0 Å². The number of amides is 1. The van der Waals surface area contributed by atoms with Gasteiger partial charge >= 0.3 is 0 Å². The number of non-ortho nitro benzene ring substituents is 1. The van der Waals surface area contributed by atoms with Crippen molar-refractivity contribution < 1.29 is 9.72 Å². The zero-order valence-electron chi connectivity index (χ0n) is 11.9. The molecule has 0 radical (unpaired) electrons. The van der Waals surface area contributed by atoms with Gasteiger partial charge in [0.25, 0.3) is 11.6 Å². The lowest BCUT2D eigenvalue weighted by Gasteiger charge is -2.33. The molecule has 0 atom stereocenters. The van der Waals surface area contributed by atoms with E-state index in [1.54, 1.807) is 24.1 Å². The zero-order chi connectivity index (χ0) is 14.7. The summed E-state index contributed by atoms with van der Waals surface area (Å²) in [6.07, 6.45) is 4.30. The molecule has 0 N–H and O–H groups in total. The van der Waals surface area contributed by atoms with Crippen molar-refractivity contribution in [3.8, 4) is 0 Å². The van der Waals surface area contributed by atoms with E-state index in [0.717, 1.165) is 31.6 Å². The molecule has 0 heterocycles. The largest absolute Gasteiger partial charge is 0.339 e. The Morgan fingerprint density at radius 1 is 1.30 bits per heavy atom. The molecule has 1 aliphatic carbocycles. The maximum Gasteiger partial charge on any atom is 0.270 e. The van der Waals surface area contributed by atoms with E-state index in [0.29, 0.717) is 5.56 Å². The van der Waals surface area contributed by atoms with Crippen molar-refractivity contribution >= 4 is 11.6 Å². The second-order valence-electron chi connectivity index (χ2n) is 5.64. The SMILES string of the molecule is CC1CCC(N(C)C(=O)c2cccc([N+](=O)[O-])c2)CC1. The molecule has 0 saturated heterocycles. The summed E-state index contributed by atoms with van der Waals surface area (Å²) in [7, 11) is 1.79. The highest BCUT2D eigenvalue weighted by Gasteiger charge is 2.26. The predicted molar refractivity (Wildman–Crippen MR) is 76.6 cm³/mol. The summed E-state index contributed by atoms with van der Waals surface area (Å²) in [6, 6.07) is 6.20. The minimum Gasteiger partial charge on any atom is -0.339 e. The Balaban J connectivity index is 2.10. The number of hydrogen-bond acceptors (Lipinski definition) is 3. The van der Waals surface area contributed by atoms with Crippen molar-refractivity contribution in [1.82, 2.24) is 4.90 Å². The Bertz CT molecular complexity index is 508. The molecule has 20 heavy (non-hydrogen) atoms. The molecular formula is C15H20N2O3. The molecule has 1 aromatic rings. The molecule has 108 valence electrons. The number of rotatable bonds is 3. The fourth-order valence-electron chi connectivity index (χ4n) is 2.75. The lowest BCUT2D eigenvalue weighted by molar-refractivity contribution is -0.384. The lowest BCUT2D eigenvalue weighted by atomic mass is 9.86. The van der Waals surface area contributed by atoms with Crippen LogP contribution in [0.3, 0.4) is 0 Å². The van der Waals surface area contributed by atoms with Crippen LogP contribution in [0.25, 0.3) is 0 Å². The third kappa shape index (κ3) is 3.15. The van der Waals surface area contributed by atoms with Crippen LogP contribution in [0.5, 0.6) is 0 Å². The standard InChI is InChI=1S/C15H20N2O3/c1-11-6-8-13(9-7-11)16(2)15(18)12-4-3-5-14(10-12)17(19)20/h3-5,10-11,13H,6-9H2,1-2H3. The van der Waals surface area contributed by atoms with Gasteiger partial charge in [0, 0.05) is 30.8 Å². The van der Waals surface area contributed by atoms with Gasteiger partial charge in [-0.2, -0.15) is 0 Å². The van der Waals surface area contributed by atoms with E-state index in [1.807, 2.05) is 0 Å². The molecule has 1 fully saturated rings. The summed E-state index contributed by atoms with van der Waals surface area (Å²) in [5, 5.41) is 10.8. The maximum atomic E-state index is 12.4. The molecule has 1 amide bonds. The first-order chi connectivity index (χ1) is 9.49. The van der Waals surface area contributed by atoms with Gasteiger partial charge in [0.05, 0.1) is 4.92 Å². The number of nitro benzene ring substituents is 1. The summed E-state index contributed by atoms with van der Waals surface area (Å²) in [5.41, 5.74) is 0.349. The fourth-order valence-corrected chi connectivity index (χ4v) is 2.75. The van der Waals surface area contributed by atoms with Crippen molar-refractivity contribution in [2.24, 2.45) is 5.92 Å². The highest BCUT2D eigenvalue weighted by molar-refractivity contribution is 5.94. The molecule has 0 spiro atoms. The third-order valence-electron chi connectivity index (χ3n) is 4.16. The molecule has 0 aromatic heterocycles. The van der Waals surface area contributed by atoms with Crippen LogP contribution in [0.2, 0.25) is 0 Å². The molecule has 0 aliphatic heterocycles. The first-order valence-electron chi connectivity index (χ1n) is 7.00. The van der Waals surface area contributed by atoms with Crippen LogP contribution < -0.4 is 0 Å². The van der Waals surface area contributed by atoms with E-state index in [9.17, 15) is 14.9 Å². The van der Waals surface area contributed by atoms with Crippen LogP contribution in [-0.4, -0.2) is 28.8 Å². The normalized spacial score (nSPS) is 22.3. The zero-order valence-corrected chi connectivity index (χ0v) is 11.9. The topological polar surface area (TPSA) is 63.5 Å². The van der Waals surface area contributed by atoms with Gasteiger partial charge in [-0.3, -0.25) is 14.9 Å². The maximum absolute atomic E-state index is 12.4. The number of carbonyl (C=O) groups excluding carboxylic acids is 1. The minimum atomic E-state index is -0.473. The number of nitrogens with zero attached hydrogens (tertiary/aromatic N) is 2. The Morgan fingerprint density at radius 3 is 2.55 bits per heavy atom. The van der Waals surface area contributed by atoms with Gasteiger partial charge in [-0.25, -0.2) is 0 Å². The summed E-state index contributed by atoms with van der Waals surface area (Å²) < 4.78 is 0. The van der Waals surface area contributed by atoms with Crippen LogP contribution in [0.4, 0.5) is 5.69 Å². The molecule has 1 aliphatic rings. The monoisotopic (exact) mass is 276 g/mol. The molecular weight excluding hydrogens is 256 g/mol. The Morgan fingerprint density at radius 2 is 1.95 bits per heavy atom. The lowest BCUT2D eigenvalue weighted by Crippen LogP contribution is -2.39. The summed E-state index contributed by atoms with van der Waals surface area (Å²) in [5.74, 6) is 0.598. The predicted octanol–water partition coefficient (Wildman–Crippen LogP) is 3.25. The summed E-state index contributed by atoms with van der Waals surface area (Å²) in [4.78, 5) is 24.4. The van der Waals surface area contributed by atoms with E-state index < -0.39 is 4.92 Å². The first kappa shape index (κ1) is 14.5. The highest BCUT2D eigenvalue weighted by Crippen LogP contribution is 2.27. The van der Waals surface area contributed by atoms with Gasteiger partial charge in [-0.15, -0.1) is 0 Å². The van der Waals surface area contributed by atoms with Gasteiger partial charge in [0.1, 0.15) is 0 Å². The van der Waals surface area contributed by atoms with Gasteiger partial charge < -0.3 is 4.90 Å². The average Bonchev–Trinajstić information content (AvgIpc) is 2.46. The molecule has 5 nitrogen and oxygen atoms in total. The van der Waals surface area contributed by atoms with Crippen LogP contribution in [0.1, 0.15) is 43.0 Å². The van der Waals surface area contributed by atoms with Crippen LogP contribution >= 0.6 is 0 Å². The molecule has 1 aromatic carbocycles. The van der Waals surface area contributed by atoms with Gasteiger partial charge in [0.15, 0.2) is 0 Å². The Labute approximate surface area is 118 Å². The smallest absolute Gasteiger partial charge is 0.270 e. The fraction of sp³-hybridized carbons (Fsp3) is 0.533.